The second-order valence-corrected chi connectivity index (χ2v) is 4.87. The van der Waals surface area contributed by atoms with Gasteiger partial charge in [-0.25, -0.2) is 4.57 Å². The predicted octanol–water partition coefficient (Wildman–Crippen LogP) is 3.31. The number of halogens is 1. The van der Waals surface area contributed by atoms with Gasteiger partial charge in [0, 0.05) is 11.2 Å². The molecular weight excluding hydrogens is 186 g/mol. The van der Waals surface area contributed by atoms with Crippen LogP contribution in [0.4, 0.5) is 0 Å². The van der Waals surface area contributed by atoms with Crippen molar-refractivity contribution >= 4 is 18.2 Å². The summed E-state index contributed by atoms with van der Waals surface area (Å²) in [5.74, 6) is 0.281. The Hall–Kier alpha value is 0.0200. The topological polar surface area (TPSA) is 35.5 Å². The molecule has 0 saturated carbocycles. The van der Waals surface area contributed by atoms with Crippen LogP contribution in [0.15, 0.2) is 12.3 Å². The smallest absolute Gasteiger partial charge is 0.419 e. The van der Waals surface area contributed by atoms with Crippen molar-refractivity contribution in [2.24, 2.45) is 0 Å². The molecule has 0 saturated heterocycles. The standard InChI is InChI=1S/C6H12ClO3P/c1-5(2)9-11(7,8)10-6(3)4/h6H,1H2,2-4H3. The number of allylic oxidation sites excluding steroid dienone is 1. The van der Waals surface area contributed by atoms with E-state index in [-0.39, 0.29) is 11.9 Å². The second-order valence-electron chi connectivity index (χ2n) is 2.38. The van der Waals surface area contributed by atoms with Crippen LogP contribution in [0.3, 0.4) is 0 Å². The van der Waals surface area contributed by atoms with Crippen LogP contribution in [-0.2, 0) is 13.6 Å². The molecule has 0 aromatic rings. The number of hydrogen-bond donors (Lipinski definition) is 0. The first kappa shape index (κ1) is 11.0. The van der Waals surface area contributed by atoms with Crippen LogP contribution in [0.1, 0.15) is 20.8 Å². The summed E-state index contributed by atoms with van der Waals surface area (Å²) < 4.78 is 20.5. The van der Waals surface area contributed by atoms with E-state index in [1.807, 2.05) is 0 Å². The maximum atomic E-state index is 11.1. The third-order valence-electron chi connectivity index (χ3n) is 0.602. The van der Waals surface area contributed by atoms with Gasteiger partial charge in [0.15, 0.2) is 0 Å². The third-order valence-corrected chi connectivity index (χ3v) is 2.25. The van der Waals surface area contributed by atoms with Gasteiger partial charge in [-0.2, -0.15) is 0 Å². The maximum absolute atomic E-state index is 11.1. The maximum Gasteiger partial charge on any atom is 0.476 e. The lowest BCUT2D eigenvalue weighted by Gasteiger charge is -2.14. The lowest BCUT2D eigenvalue weighted by atomic mass is 10.5. The van der Waals surface area contributed by atoms with Crippen LogP contribution in [0.2, 0.25) is 0 Å². The van der Waals surface area contributed by atoms with Gasteiger partial charge in [0.1, 0.15) is 0 Å². The van der Waals surface area contributed by atoms with Crippen LogP contribution < -0.4 is 0 Å². The molecule has 0 aliphatic heterocycles. The lowest BCUT2D eigenvalue weighted by molar-refractivity contribution is 0.204. The number of rotatable bonds is 4. The molecule has 5 heteroatoms. The van der Waals surface area contributed by atoms with E-state index in [1.54, 1.807) is 20.8 Å². The molecule has 0 spiro atoms. The minimum absolute atomic E-state index is 0.224. The van der Waals surface area contributed by atoms with Gasteiger partial charge in [-0.1, -0.05) is 6.58 Å². The molecule has 0 aromatic heterocycles. The molecule has 1 unspecified atom stereocenters. The Balaban J connectivity index is 4.01. The largest absolute Gasteiger partial charge is 0.476 e. The summed E-state index contributed by atoms with van der Waals surface area (Å²) in [6.07, 6.45) is -0.224. The van der Waals surface area contributed by atoms with Crippen LogP contribution in [0, 0.1) is 0 Å². The molecule has 1 atom stereocenters. The fourth-order valence-electron chi connectivity index (χ4n) is 0.459. The fourth-order valence-corrected chi connectivity index (χ4v) is 2.21. The normalized spacial score (nSPS) is 16.1. The first-order valence-corrected chi connectivity index (χ1v) is 5.61. The molecule has 0 radical (unpaired) electrons. The quantitative estimate of drug-likeness (QED) is 0.514. The van der Waals surface area contributed by atoms with Gasteiger partial charge in [0.05, 0.1) is 11.9 Å². The summed E-state index contributed by atoms with van der Waals surface area (Å²) in [4.78, 5) is 0. The van der Waals surface area contributed by atoms with E-state index in [2.05, 4.69) is 11.1 Å². The van der Waals surface area contributed by atoms with E-state index in [9.17, 15) is 4.57 Å². The van der Waals surface area contributed by atoms with Gasteiger partial charge in [-0.05, 0) is 20.8 Å². The van der Waals surface area contributed by atoms with E-state index < -0.39 is 6.95 Å². The molecule has 0 amide bonds. The molecule has 66 valence electrons. The zero-order valence-electron chi connectivity index (χ0n) is 6.83. The van der Waals surface area contributed by atoms with Gasteiger partial charge in [-0.3, -0.25) is 4.52 Å². The van der Waals surface area contributed by atoms with Crippen LogP contribution >= 0.6 is 18.2 Å². The molecule has 0 fully saturated rings. The van der Waals surface area contributed by atoms with E-state index >= 15 is 0 Å². The van der Waals surface area contributed by atoms with Gasteiger partial charge in [-0.15, -0.1) is 0 Å². The Morgan fingerprint density at radius 3 is 2.36 bits per heavy atom. The minimum Gasteiger partial charge on any atom is -0.419 e. The molecular formula is C6H12ClO3P. The molecule has 0 rings (SSSR count). The summed E-state index contributed by atoms with van der Waals surface area (Å²) in [5.41, 5.74) is 0. The lowest BCUT2D eigenvalue weighted by Crippen LogP contribution is -1.98. The Morgan fingerprint density at radius 2 is 2.09 bits per heavy atom. The third kappa shape index (κ3) is 6.42. The van der Waals surface area contributed by atoms with Crippen LogP contribution in [0.25, 0.3) is 0 Å². The Kier molecular flexibility index (Phi) is 4.16. The van der Waals surface area contributed by atoms with Crippen molar-refractivity contribution in [1.82, 2.24) is 0 Å². The molecule has 0 aliphatic rings. The van der Waals surface area contributed by atoms with E-state index in [1.165, 1.54) is 0 Å². The predicted molar refractivity (Wildman–Crippen MR) is 45.6 cm³/mol. The van der Waals surface area contributed by atoms with Crippen molar-refractivity contribution < 1.29 is 13.6 Å². The fraction of sp³-hybridized carbons (Fsp3) is 0.667. The van der Waals surface area contributed by atoms with E-state index in [0.717, 1.165) is 0 Å². The first-order chi connectivity index (χ1) is 4.83. The van der Waals surface area contributed by atoms with Crippen molar-refractivity contribution in [3.63, 3.8) is 0 Å². The van der Waals surface area contributed by atoms with Crippen molar-refractivity contribution in [2.75, 3.05) is 0 Å². The Labute approximate surface area is 71.7 Å². The highest BCUT2D eigenvalue weighted by molar-refractivity contribution is 7.81. The van der Waals surface area contributed by atoms with Gasteiger partial charge in [0.2, 0.25) is 0 Å². The number of hydrogen-bond acceptors (Lipinski definition) is 3. The van der Waals surface area contributed by atoms with Crippen molar-refractivity contribution in [2.45, 2.75) is 26.9 Å². The highest BCUT2D eigenvalue weighted by Gasteiger charge is 2.23. The van der Waals surface area contributed by atoms with Crippen molar-refractivity contribution in [3.05, 3.63) is 12.3 Å². The zero-order chi connectivity index (χ0) is 9.07. The highest BCUT2D eigenvalue weighted by atomic mass is 35.7. The molecule has 11 heavy (non-hydrogen) atoms. The Bertz CT molecular complexity index is 190. The monoisotopic (exact) mass is 198 g/mol. The zero-order valence-corrected chi connectivity index (χ0v) is 8.48. The molecule has 3 nitrogen and oxygen atoms in total. The van der Waals surface area contributed by atoms with Crippen LogP contribution in [0.5, 0.6) is 0 Å². The molecule has 0 heterocycles. The highest BCUT2D eigenvalue weighted by Crippen LogP contribution is 2.55. The van der Waals surface area contributed by atoms with Crippen LogP contribution in [-0.4, -0.2) is 6.10 Å². The molecule has 0 N–H and O–H groups in total. The second kappa shape index (κ2) is 4.15. The van der Waals surface area contributed by atoms with E-state index in [0.29, 0.717) is 0 Å². The van der Waals surface area contributed by atoms with E-state index in [4.69, 9.17) is 15.8 Å². The SMILES string of the molecule is C=C(C)OP(=O)(Cl)OC(C)C. The average molecular weight is 199 g/mol. The van der Waals surface area contributed by atoms with Gasteiger partial charge < -0.3 is 4.52 Å². The first-order valence-electron chi connectivity index (χ1n) is 3.16. The molecule has 0 aliphatic carbocycles. The summed E-state index contributed by atoms with van der Waals surface area (Å²) in [5, 5.41) is 0. The van der Waals surface area contributed by atoms with Gasteiger partial charge in [0.25, 0.3) is 0 Å². The minimum atomic E-state index is -3.43. The summed E-state index contributed by atoms with van der Waals surface area (Å²) in [6, 6.07) is 0. The summed E-state index contributed by atoms with van der Waals surface area (Å²) >= 11 is 5.38. The summed E-state index contributed by atoms with van der Waals surface area (Å²) in [6.45, 7) is 4.95. The molecule has 0 aromatic carbocycles. The molecule has 0 bridgehead atoms. The van der Waals surface area contributed by atoms with Crippen molar-refractivity contribution in [1.29, 1.82) is 0 Å². The summed E-state index contributed by atoms with van der Waals surface area (Å²) in [7, 11) is 0. The van der Waals surface area contributed by atoms with Crippen molar-refractivity contribution in [3.8, 4) is 0 Å². The Morgan fingerprint density at radius 1 is 1.64 bits per heavy atom. The van der Waals surface area contributed by atoms with Gasteiger partial charge >= 0.3 is 6.95 Å². The average Bonchev–Trinajstić information content (AvgIpc) is 1.53.